The van der Waals surface area contributed by atoms with Crippen molar-refractivity contribution in [1.29, 1.82) is 0 Å². The van der Waals surface area contributed by atoms with Crippen LogP contribution in [0.5, 0.6) is 0 Å². The van der Waals surface area contributed by atoms with Crippen LogP contribution in [0.1, 0.15) is 19.8 Å². The van der Waals surface area contributed by atoms with E-state index in [1.807, 2.05) is 6.92 Å². The van der Waals surface area contributed by atoms with Gasteiger partial charge in [0.25, 0.3) is 0 Å². The Kier molecular flexibility index (Phi) is 7.29. The summed E-state index contributed by atoms with van der Waals surface area (Å²) in [4.78, 5) is 13.0. The van der Waals surface area contributed by atoms with Gasteiger partial charge in [-0.1, -0.05) is 0 Å². The Hall–Kier alpha value is -0.650. The lowest BCUT2D eigenvalue weighted by Crippen LogP contribution is -2.36. The Morgan fingerprint density at radius 3 is 2.67 bits per heavy atom. The maximum atomic E-state index is 11.5. The van der Waals surface area contributed by atoms with Crippen molar-refractivity contribution in [3.8, 4) is 0 Å². The summed E-state index contributed by atoms with van der Waals surface area (Å²) in [5, 5.41) is 9.40. The second-order valence-electron chi connectivity index (χ2n) is 3.90. The second kappa shape index (κ2) is 7.62. The van der Waals surface area contributed by atoms with Crippen molar-refractivity contribution in [2.75, 3.05) is 27.3 Å². The van der Waals surface area contributed by atoms with E-state index < -0.39 is 6.10 Å². The number of carbonyl (C=O) groups is 1. The summed E-state index contributed by atoms with van der Waals surface area (Å²) in [5.41, 5.74) is 5.55. The summed E-state index contributed by atoms with van der Waals surface area (Å²) in [6.07, 6.45) is 0.469. The molecule has 0 aliphatic heterocycles. The number of hydrogen-bond acceptors (Lipinski definition) is 4. The molecule has 2 atom stereocenters. The van der Waals surface area contributed by atoms with E-state index in [4.69, 9.17) is 10.5 Å². The van der Waals surface area contributed by atoms with Gasteiger partial charge in [0, 0.05) is 33.2 Å². The van der Waals surface area contributed by atoms with Crippen LogP contribution in [0.15, 0.2) is 0 Å². The van der Waals surface area contributed by atoms with E-state index in [1.54, 1.807) is 7.05 Å². The highest BCUT2D eigenvalue weighted by Gasteiger charge is 2.13. The van der Waals surface area contributed by atoms with Crippen molar-refractivity contribution in [1.82, 2.24) is 4.90 Å². The lowest BCUT2D eigenvalue weighted by atomic mass is 10.2. The predicted octanol–water partition coefficient (Wildman–Crippen LogP) is -0.420. The minimum atomic E-state index is -0.626. The normalized spacial score (nSPS) is 14.7. The van der Waals surface area contributed by atoms with Crippen LogP contribution in [0.25, 0.3) is 0 Å². The molecule has 5 nitrogen and oxygen atoms in total. The van der Waals surface area contributed by atoms with Crippen molar-refractivity contribution >= 4 is 5.91 Å². The number of methoxy groups -OCH3 is 1. The summed E-state index contributed by atoms with van der Waals surface area (Å²) in [6.45, 7) is 2.41. The number of aliphatic hydroxyl groups is 1. The van der Waals surface area contributed by atoms with Crippen LogP contribution in [0.2, 0.25) is 0 Å². The van der Waals surface area contributed by atoms with Crippen molar-refractivity contribution in [3.63, 3.8) is 0 Å². The molecule has 0 saturated heterocycles. The molecular formula is C10H22N2O3. The molecule has 5 heteroatoms. The standard InChI is InChI=1S/C10H22N2O3/c1-8(11)4-5-10(14)12(2)6-9(13)7-15-3/h8-9,13H,4-7,11H2,1-3H3. The number of hydrogen-bond donors (Lipinski definition) is 2. The van der Waals surface area contributed by atoms with E-state index in [0.717, 1.165) is 0 Å². The topological polar surface area (TPSA) is 75.8 Å². The zero-order valence-electron chi connectivity index (χ0n) is 9.77. The Morgan fingerprint density at radius 1 is 1.60 bits per heavy atom. The van der Waals surface area contributed by atoms with Crippen molar-refractivity contribution < 1.29 is 14.6 Å². The van der Waals surface area contributed by atoms with Gasteiger partial charge in [-0.3, -0.25) is 4.79 Å². The van der Waals surface area contributed by atoms with Crippen LogP contribution >= 0.6 is 0 Å². The number of nitrogens with two attached hydrogens (primary N) is 1. The molecule has 0 spiro atoms. The molecule has 90 valence electrons. The Bertz CT molecular complexity index is 186. The van der Waals surface area contributed by atoms with E-state index in [-0.39, 0.29) is 18.6 Å². The molecule has 0 aromatic carbocycles. The van der Waals surface area contributed by atoms with E-state index in [9.17, 15) is 9.90 Å². The largest absolute Gasteiger partial charge is 0.389 e. The molecule has 0 heterocycles. The number of ether oxygens (including phenoxy) is 1. The highest BCUT2D eigenvalue weighted by molar-refractivity contribution is 5.75. The van der Waals surface area contributed by atoms with Crippen LogP contribution in [-0.4, -0.2) is 55.4 Å². The number of likely N-dealkylation sites (N-methyl/N-ethyl adjacent to an activating group) is 1. The third-order valence-electron chi connectivity index (χ3n) is 2.08. The number of aliphatic hydroxyl groups excluding tert-OH is 1. The lowest BCUT2D eigenvalue weighted by molar-refractivity contribution is -0.131. The molecular weight excluding hydrogens is 196 g/mol. The highest BCUT2D eigenvalue weighted by atomic mass is 16.5. The molecule has 0 aliphatic rings. The number of rotatable bonds is 7. The highest BCUT2D eigenvalue weighted by Crippen LogP contribution is 1.99. The number of amides is 1. The fourth-order valence-electron chi connectivity index (χ4n) is 1.21. The number of nitrogens with zero attached hydrogens (tertiary/aromatic N) is 1. The fourth-order valence-corrected chi connectivity index (χ4v) is 1.21. The second-order valence-corrected chi connectivity index (χ2v) is 3.90. The van der Waals surface area contributed by atoms with Gasteiger partial charge in [-0.2, -0.15) is 0 Å². The first-order valence-corrected chi connectivity index (χ1v) is 5.14. The molecule has 15 heavy (non-hydrogen) atoms. The average molecular weight is 218 g/mol. The van der Waals surface area contributed by atoms with E-state index in [1.165, 1.54) is 12.0 Å². The first-order chi connectivity index (χ1) is 6.97. The molecule has 0 aromatic heterocycles. The van der Waals surface area contributed by atoms with Gasteiger partial charge in [0.15, 0.2) is 0 Å². The molecule has 0 saturated carbocycles. The van der Waals surface area contributed by atoms with Gasteiger partial charge >= 0.3 is 0 Å². The number of carbonyl (C=O) groups excluding carboxylic acids is 1. The molecule has 0 radical (unpaired) electrons. The quantitative estimate of drug-likeness (QED) is 0.608. The van der Waals surface area contributed by atoms with Crippen LogP contribution < -0.4 is 5.73 Å². The van der Waals surface area contributed by atoms with Crippen LogP contribution in [0.4, 0.5) is 0 Å². The zero-order chi connectivity index (χ0) is 11.8. The first-order valence-electron chi connectivity index (χ1n) is 5.14. The Labute approximate surface area is 91.2 Å². The van der Waals surface area contributed by atoms with Crippen LogP contribution in [-0.2, 0) is 9.53 Å². The van der Waals surface area contributed by atoms with Crippen molar-refractivity contribution in [2.45, 2.75) is 31.9 Å². The molecule has 0 aliphatic carbocycles. The van der Waals surface area contributed by atoms with Crippen molar-refractivity contribution in [3.05, 3.63) is 0 Å². The van der Waals surface area contributed by atoms with Crippen molar-refractivity contribution in [2.24, 2.45) is 5.73 Å². The van der Waals surface area contributed by atoms with Gasteiger partial charge in [-0.15, -0.1) is 0 Å². The maximum Gasteiger partial charge on any atom is 0.222 e. The Morgan fingerprint density at radius 2 is 2.20 bits per heavy atom. The van der Waals surface area contributed by atoms with Gasteiger partial charge in [0.05, 0.1) is 12.7 Å². The minimum Gasteiger partial charge on any atom is -0.389 e. The Balaban J connectivity index is 3.78. The van der Waals surface area contributed by atoms with Gasteiger partial charge in [0.1, 0.15) is 0 Å². The van der Waals surface area contributed by atoms with Gasteiger partial charge in [-0.25, -0.2) is 0 Å². The molecule has 0 fully saturated rings. The third kappa shape index (κ3) is 7.30. The molecule has 0 aromatic rings. The van der Waals surface area contributed by atoms with Gasteiger partial charge in [-0.05, 0) is 13.3 Å². The van der Waals surface area contributed by atoms with Crippen LogP contribution in [0.3, 0.4) is 0 Å². The summed E-state index contributed by atoms with van der Waals surface area (Å²) in [6, 6.07) is 0.0336. The van der Waals surface area contributed by atoms with E-state index in [2.05, 4.69) is 0 Å². The fraction of sp³-hybridized carbons (Fsp3) is 0.900. The molecule has 1 amide bonds. The SMILES string of the molecule is COCC(O)CN(C)C(=O)CCC(C)N. The molecule has 2 unspecified atom stereocenters. The summed E-state index contributed by atoms with van der Waals surface area (Å²) in [7, 11) is 3.18. The van der Waals surface area contributed by atoms with Gasteiger partial charge < -0.3 is 20.5 Å². The molecule has 3 N–H and O–H groups in total. The summed E-state index contributed by atoms with van der Waals surface area (Å²) < 4.78 is 4.77. The minimum absolute atomic E-state index is 0.00227. The molecule has 0 rings (SSSR count). The van der Waals surface area contributed by atoms with Gasteiger partial charge in [0.2, 0.25) is 5.91 Å². The third-order valence-corrected chi connectivity index (χ3v) is 2.08. The van der Waals surface area contributed by atoms with E-state index in [0.29, 0.717) is 19.4 Å². The monoisotopic (exact) mass is 218 g/mol. The zero-order valence-corrected chi connectivity index (χ0v) is 9.77. The average Bonchev–Trinajstić information content (AvgIpc) is 2.14. The maximum absolute atomic E-state index is 11.5. The predicted molar refractivity (Wildman–Crippen MR) is 58.4 cm³/mol. The summed E-state index contributed by atoms with van der Waals surface area (Å²) >= 11 is 0. The van der Waals surface area contributed by atoms with Crippen LogP contribution in [0, 0.1) is 0 Å². The van der Waals surface area contributed by atoms with E-state index >= 15 is 0 Å². The molecule has 0 bridgehead atoms. The summed E-state index contributed by atoms with van der Waals surface area (Å²) in [5.74, 6) is 0.00227. The first kappa shape index (κ1) is 14.3. The lowest BCUT2D eigenvalue weighted by Gasteiger charge is -2.20. The smallest absolute Gasteiger partial charge is 0.222 e.